The number of carbonyl (C=O) groups is 1. The van der Waals surface area contributed by atoms with Crippen molar-refractivity contribution in [3.8, 4) is 5.69 Å². The number of aromatic amines is 1. The zero-order valence-electron chi connectivity index (χ0n) is 9.38. The van der Waals surface area contributed by atoms with E-state index in [1.807, 2.05) is 0 Å². The van der Waals surface area contributed by atoms with Gasteiger partial charge in [-0.1, -0.05) is 22.0 Å². The Morgan fingerprint density at radius 1 is 1.26 bits per heavy atom. The predicted molar refractivity (Wildman–Crippen MR) is 70.9 cm³/mol. The normalized spacial score (nSPS) is 9.74. The Morgan fingerprint density at radius 3 is 2.47 bits per heavy atom. The van der Waals surface area contributed by atoms with Crippen LogP contribution in [0.3, 0.4) is 0 Å². The van der Waals surface area contributed by atoms with Gasteiger partial charge < -0.3 is 15.6 Å². The van der Waals surface area contributed by atoms with Crippen LogP contribution >= 0.6 is 15.9 Å². The number of carboxylic acids is 1. The van der Waals surface area contributed by atoms with E-state index in [0.29, 0.717) is 10.2 Å². The molecule has 0 atom stereocenters. The molecule has 1 aromatic carbocycles. The highest BCUT2D eigenvalue weighted by Crippen LogP contribution is 2.12. The lowest BCUT2D eigenvalue weighted by molar-refractivity contribution is 0.0689. The molecule has 7 nitrogen and oxygen atoms in total. The first-order chi connectivity index (χ1) is 8.49. The number of rotatable bonds is 2. The molecule has 2 aromatic rings. The second-order valence-corrected chi connectivity index (χ2v) is 4.36. The number of hydrogen-bond donors (Lipinski definition) is 2. The van der Waals surface area contributed by atoms with Crippen molar-refractivity contribution in [1.29, 1.82) is 0 Å². The van der Waals surface area contributed by atoms with Crippen LogP contribution in [0.1, 0.15) is 10.5 Å². The Balaban J connectivity index is 0.00000180. The van der Waals surface area contributed by atoms with Crippen LogP contribution in [-0.4, -0.2) is 26.1 Å². The van der Waals surface area contributed by atoms with Crippen LogP contribution in [-0.2, 0) is 0 Å². The zero-order chi connectivity index (χ0) is 13.3. The lowest BCUT2D eigenvalue weighted by Crippen LogP contribution is -2.34. The number of carboxylic acid groups (broad SMARTS) is 1. The maximum Gasteiger partial charge on any atom is 0.352 e. The molecule has 0 saturated heterocycles. The van der Waals surface area contributed by atoms with Crippen molar-refractivity contribution in [2.24, 2.45) is 0 Å². The SMILES string of the molecule is O.O=C(O)c1cc(=O)n(-c2cccc(Br)c2)c(=O)[nH]1. The Morgan fingerprint density at radius 2 is 1.95 bits per heavy atom. The molecule has 100 valence electrons. The molecular formula is C11H9BrN2O5. The molecule has 2 rings (SSSR count). The number of aromatic carboxylic acids is 1. The number of aromatic nitrogens is 2. The third-order valence-electron chi connectivity index (χ3n) is 2.23. The maximum atomic E-state index is 11.7. The molecule has 0 radical (unpaired) electrons. The van der Waals surface area contributed by atoms with Crippen LogP contribution in [0.5, 0.6) is 0 Å². The molecule has 0 aliphatic carbocycles. The Hall–Kier alpha value is -2.19. The van der Waals surface area contributed by atoms with Crippen LogP contribution in [0.4, 0.5) is 0 Å². The summed E-state index contributed by atoms with van der Waals surface area (Å²) in [5, 5.41) is 8.71. The van der Waals surface area contributed by atoms with Crippen molar-refractivity contribution in [1.82, 2.24) is 9.55 Å². The smallest absolute Gasteiger partial charge is 0.352 e. The Bertz CT molecular complexity index is 703. The van der Waals surface area contributed by atoms with Gasteiger partial charge in [0.2, 0.25) is 0 Å². The van der Waals surface area contributed by atoms with E-state index in [0.717, 1.165) is 10.6 Å². The van der Waals surface area contributed by atoms with Gasteiger partial charge in [0.1, 0.15) is 5.69 Å². The fourth-order valence-electron chi connectivity index (χ4n) is 1.47. The van der Waals surface area contributed by atoms with Crippen LogP contribution in [0.25, 0.3) is 5.69 Å². The highest BCUT2D eigenvalue weighted by molar-refractivity contribution is 9.10. The summed E-state index contributed by atoms with van der Waals surface area (Å²) in [5.74, 6) is -1.36. The Kier molecular flexibility index (Phi) is 4.41. The third kappa shape index (κ3) is 2.98. The van der Waals surface area contributed by atoms with Crippen LogP contribution in [0, 0.1) is 0 Å². The number of benzene rings is 1. The van der Waals surface area contributed by atoms with Crippen molar-refractivity contribution in [3.05, 3.63) is 61.3 Å². The van der Waals surface area contributed by atoms with E-state index in [4.69, 9.17) is 5.11 Å². The van der Waals surface area contributed by atoms with Gasteiger partial charge in [-0.3, -0.25) is 4.79 Å². The quantitative estimate of drug-likeness (QED) is 0.814. The second-order valence-electron chi connectivity index (χ2n) is 3.45. The van der Waals surface area contributed by atoms with Crippen molar-refractivity contribution in [3.63, 3.8) is 0 Å². The van der Waals surface area contributed by atoms with Gasteiger partial charge in [0.25, 0.3) is 5.56 Å². The predicted octanol–water partition coefficient (Wildman–Crippen LogP) is 0.162. The maximum absolute atomic E-state index is 11.7. The van der Waals surface area contributed by atoms with Crippen molar-refractivity contribution in [2.75, 3.05) is 0 Å². The van der Waals surface area contributed by atoms with E-state index in [1.165, 1.54) is 0 Å². The molecule has 0 aliphatic heterocycles. The first kappa shape index (κ1) is 14.9. The minimum absolute atomic E-state index is 0. The van der Waals surface area contributed by atoms with E-state index in [2.05, 4.69) is 20.9 Å². The lowest BCUT2D eigenvalue weighted by atomic mass is 10.3. The minimum atomic E-state index is -1.36. The van der Waals surface area contributed by atoms with Crippen LogP contribution in [0.2, 0.25) is 0 Å². The van der Waals surface area contributed by atoms with E-state index < -0.39 is 22.9 Å². The van der Waals surface area contributed by atoms with Gasteiger partial charge >= 0.3 is 11.7 Å². The molecule has 1 aromatic heterocycles. The number of hydrogen-bond acceptors (Lipinski definition) is 3. The number of halogens is 1. The summed E-state index contributed by atoms with van der Waals surface area (Å²) in [6.45, 7) is 0. The van der Waals surface area contributed by atoms with E-state index in [-0.39, 0.29) is 5.48 Å². The van der Waals surface area contributed by atoms with Crippen molar-refractivity contribution in [2.45, 2.75) is 0 Å². The fraction of sp³-hybridized carbons (Fsp3) is 0. The van der Waals surface area contributed by atoms with Gasteiger partial charge in [0, 0.05) is 10.5 Å². The second kappa shape index (κ2) is 5.63. The molecule has 0 amide bonds. The highest BCUT2D eigenvalue weighted by atomic mass is 79.9. The highest BCUT2D eigenvalue weighted by Gasteiger charge is 2.10. The van der Waals surface area contributed by atoms with Gasteiger partial charge in [-0.05, 0) is 18.2 Å². The summed E-state index contributed by atoms with van der Waals surface area (Å²) in [6.07, 6.45) is 0. The van der Waals surface area contributed by atoms with Crippen molar-refractivity contribution >= 4 is 21.9 Å². The molecule has 4 N–H and O–H groups in total. The van der Waals surface area contributed by atoms with Crippen LogP contribution in [0.15, 0.2) is 44.4 Å². The first-order valence-electron chi connectivity index (χ1n) is 4.84. The molecule has 8 heteroatoms. The minimum Gasteiger partial charge on any atom is -0.477 e. The average Bonchev–Trinajstić information content (AvgIpc) is 2.27. The third-order valence-corrected chi connectivity index (χ3v) is 2.72. The molecular weight excluding hydrogens is 320 g/mol. The summed E-state index contributed by atoms with van der Waals surface area (Å²) >= 11 is 3.22. The van der Waals surface area contributed by atoms with E-state index in [9.17, 15) is 14.4 Å². The van der Waals surface area contributed by atoms with E-state index in [1.54, 1.807) is 24.3 Å². The summed E-state index contributed by atoms with van der Waals surface area (Å²) in [4.78, 5) is 36.3. The summed E-state index contributed by atoms with van der Waals surface area (Å²) in [7, 11) is 0. The fourth-order valence-corrected chi connectivity index (χ4v) is 1.86. The van der Waals surface area contributed by atoms with Gasteiger partial charge in [-0.25, -0.2) is 14.2 Å². The topological polar surface area (TPSA) is 124 Å². The van der Waals surface area contributed by atoms with Gasteiger partial charge in [-0.15, -0.1) is 0 Å². The van der Waals surface area contributed by atoms with E-state index >= 15 is 0 Å². The van der Waals surface area contributed by atoms with Gasteiger partial charge in [0.05, 0.1) is 5.69 Å². The zero-order valence-corrected chi connectivity index (χ0v) is 11.0. The number of H-pyrrole nitrogens is 1. The molecule has 19 heavy (non-hydrogen) atoms. The Labute approximate surface area is 114 Å². The summed E-state index contributed by atoms with van der Waals surface area (Å²) < 4.78 is 1.56. The van der Waals surface area contributed by atoms with Gasteiger partial charge in [-0.2, -0.15) is 0 Å². The molecule has 0 spiro atoms. The van der Waals surface area contributed by atoms with Gasteiger partial charge in [0.15, 0.2) is 0 Å². The molecule has 1 heterocycles. The standard InChI is InChI=1S/C11H7BrN2O4.H2O/c12-6-2-1-3-7(4-6)14-9(15)5-8(10(16)17)13-11(14)18;/h1-5H,(H,13,18)(H,16,17);1H2. The molecule has 0 saturated carbocycles. The summed E-state index contributed by atoms with van der Waals surface area (Å²) in [6, 6.07) is 7.42. The van der Waals surface area contributed by atoms with Crippen LogP contribution < -0.4 is 11.2 Å². The molecule has 0 bridgehead atoms. The monoisotopic (exact) mass is 328 g/mol. The van der Waals surface area contributed by atoms with Crippen molar-refractivity contribution < 1.29 is 15.4 Å². The molecule has 0 unspecified atom stereocenters. The summed E-state index contributed by atoms with van der Waals surface area (Å²) in [5.41, 5.74) is -1.57. The average molecular weight is 329 g/mol. The number of nitrogens with one attached hydrogen (secondary N) is 1. The lowest BCUT2D eigenvalue weighted by Gasteiger charge is -2.05. The number of nitrogens with zero attached hydrogens (tertiary/aromatic N) is 1. The first-order valence-corrected chi connectivity index (χ1v) is 5.64. The molecule has 0 aliphatic rings. The molecule has 0 fully saturated rings. The largest absolute Gasteiger partial charge is 0.477 e.